The average molecular weight is 863 g/mol. The smallest absolute Gasteiger partial charge is 0.338 e. The second-order valence-corrected chi connectivity index (χ2v) is 10.2. The van der Waals surface area contributed by atoms with Crippen molar-refractivity contribution in [3.05, 3.63) is 16.3 Å². The Kier molecular flexibility index (Phi) is 19.7. The number of anilines is 2. The average Bonchev–Trinajstić information content (AvgIpc) is 2.75. The summed E-state index contributed by atoms with van der Waals surface area (Å²) in [5.41, 5.74) is 0.957. The van der Waals surface area contributed by atoms with Gasteiger partial charge in [0.05, 0.1) is 40.4 Å². The molecule has 0 saturated carbocycles. The fourth-order valence-corrected chi connectivity index (χ4v) is 7.09. The summed E-state index contributed by atoms with van der Waals surface area (Å²) in [6.07, 6.45) is -5.65. The molecule has 196 valence electrons. The summed E-state index contributed by atoms with van der Waals surface area (Å²) >= 11 is 5.80. The van der Waals surface area contributed by atoms with E-state index in [-0.39, 0.29) is 61.7 Å². The van der Waals surface area contributed by atoms with Gasteiger partial charge in [-0.1, -0.05) is 0 Å². The summed E-state index contributed by atoms with van der Waals surface area (Å²) in [6.45, 7) is 2.17. The Morgan fingerprint density at radius 1 is 0.943 bits per heavy atom. The summed E-state index contributed by atoms with van der Waals surface area (Å²) in [7, 11) is 3.14. The third-order valence-electron chi connectivity index (χ3n) is 4.36. The second kappa shape index (κ2) is 18.2. The minimum absolute atomic E-state index is 0. The molecule has 35 heavy (non-hydrogen) atoms. The Balaban J connectivity index is 0. The maximum atomic E-state index is 11.6. The van der Waals surface area contributed by atoms with Crippen molar-refractivity contribution in [2.45, 2.75) is 38.3 Å². The first kappa shape index (κ1) is 38.0. The first-order chi connectivity index (χ1) is 15.6. The van der Waals surface area contributed by atoms with E-state index in [0.717, 1.165) is 0 Å². The van der Waals surface area contributed by atoms with Crippen LogP contribution in [0.1, 0.15) is 24.2 Å². The summed E-state index contributed by atoms with van der Waals surface area (Å²) in [5.74, 6) is -1.64. The van der Waals surface area contributed by atoms with Gasteiger partial charge in [-0.3, -0.25) is 9.59 Å². The van der Waals surface area contributed by atoms with Gasteiger partial charge in [-0.2, -0.15) is 0 Å². The number of aliphatic hydroxyl groups is 5. The third-order valence-corrected chi connectivity index (χ3v) is 7.53. The quantitative estimate of drug-likeness (QED) is 0.117. The van der Waals surface area contributed by atoms with E-state index in [1.165, 1.54) is 18.7 Å². The minimum atomic E-state index is -1.55. The Morgan fingerprint density at radius 3 is 1.80 bits per heavy atom. The van der Waals surface area contributed by atoms with Gasteiger partial charge in [0.15, 0.2) is 0 Å². The van der Waals surface area contributed by atoms with Crippen LogP contribution in [0.25, 0.3) is 0 Å². The van der Waals surface area contributed by atoms with Gasteiger partial charge >= 0.3 is 5.97 Å². The zero-order valence-electron chi connectivity index (χ0n) is 19.4. The molecule has 0 saturated heterocycles. The maximum Gasteiger partial charge on any atom is 0.338 e. The van der Waals surface area contributed by atoms with Crippen molar-refractivity contribution < 1.29 is 45.0 Å². The molecule has 12 nitrogen and oxygen atoms in total. The molecule has 1 aromatic rings. The third kappa shape index (κ3) is 11.2. The molecule has 8 N–H and O–H groups in total. The summed E-state index contributed by atoms with van der Waals surface area (Å²) < 4.78 is 1.52. The summed E-state index contributed by atoms with van der Waals surface area (Å²) in [4.78, 5) is 35.9. The van der Waals surface area contributed by atoms with Crippen LogP contribution in [0.2, 0.25) is 0 Å². The van der Waals surface area contributed by atoms with Gasteiger partial charge in [-0.05, 0) is 74.8 Å². The van der Waals surface area contributed by atoms with Crippen LogP contribution < -0.4 is 15.5 Å². The fourth-order valence-electron chi connectivity index (χ4n) is 2.47. The van der Waals surface area contributed by atoms with Crippen molar-refractivity contribution in [2.24, 2.45) is 0 Å². The Labute approximate surface area is 273 Å². The van der Waals surface area contributed by atoms with Gasteiger partial charge in [-0.25, -0.2) is 4.79 Å². The molecule has 0 spiro atoms. The number of amides is 2. The van der Waals surface area contributed by atoms with E-state index in [1.807, 2.05) is 67.8 Å². The summed E-state index contributed by atoms with van der Waals surface area (Å²) in [6, 6.07) is 0. The Hall–Kier alpha value is 0.840. The predicted octanol–water partition coefficient (Wildman–Crippen LogP) is -0.599. The number of rotatable bonds is 9. The van der Waals surface area contributed by atoms with Crippen LogP contribution in [-0.2, 0) is 9.59 Å². The molecule has 0 heterocycles. The van der Waals surface area contributed by atoms with Gasteiger partial charge in [0.2, 0.25) is 11.8 Å². The van der Waals surface area contributed by atoms with E-state index in [2.05, 4.69) is 10.6 Å². The van der Waals surface area contributed by atoms with E-state index >= 15 is 0 Å². The van der Waals surface area contributed by atoms with Crippen LogP contribution in [0.5, 0.6) is 0 Å². The molecule has 16 heteroatoms. The van der Waals surface area contributed by atoms with Crippen LogP contribution in [0, 0.1) is 10.7 Å². The van der Waals surface area contributed by atoms with E-state index in [4.69, 9.17) is 20.4 Å². The standard InChI is InChI=1S/C12H11I3N2O4.C7H17NO5.Ca/c1-4(18)16-10-7(13)6(12(20)21)8(14)11(9(10)15)17(3)5(2)19;1-8-2-4(10)6(12)7(13)5(11)3-9;/h1-3H3,(H,16,18)(H,20,21);4-13H,2-3H2,1H3;/t;4-,5+,6+,7+;/m.0./s1. The molecule has 0 aliphatic carbocycles. The number of hydrogen-bond acceptors (Lipinski definition) is 9. The molecule has 0 unspecified atom stereocenters. The summed E-state index contributed by atoms with van der Waals surface area (Å²) in [5, 5.41) is 59.5. The molecular formula is C19H28CaI3N3O9. The van der Waals surface area contributed by atoms with Crippen LogP contribution in [0.15, 0.2) is 0 Å². The van der Waals surface area contributed by atoms with Crippen molar-refractivity contribution in [2.75, 3.05) is 37.5 Å². The normalized spacial score (nSPS) is 13.8. The number of carbonyl (C=O) groups excluding carboxylic acids is 2. The van der Waals surface area contributed by atoms with Crippen molar-refractivity contribution >= 4 is 135 Å². The number of halogens is 3. The molecule has 4 atom stereocenters. The number of carboxylic acids is 1. The number of benzene rings is 1. The van der Waals surface area contributed by atoms with Crippen LogP contribution in [0.3, 0.4) is 0 Å². The largest absolute Gasteiger partial charge is 0.478 e. The van der Waals surface area contributed by atoms with Gasteiger partial charge in [0.25, 0.3) is 0 Å². The van der Waals surface area contributed by atoms with Crippen molar-refractivity contribution in [1.82, 2.24) is 5.32 Å². The fraction of sp³-hybridized carbons (Fsp3) is 0.526. The van der Waals surface area contributed by atoms with E-state index in [1.54, 1.807) is 14.1 Å². The van der Waals surface area contributed by atoms with Gasteiger partial charge in [0.1, 0.15) is 18.3 Å². The van der Waals surface area contributed by atoms with Crippen molar-refractivity contribution in [3.8, 4) is 0 Å². The number of likely N-dealkylation sites (N-methyl/N-ethyl adjacent to an activating group) is 1. The molecule has 2 radical (unpaired) electrons. The molecule has 1 rings (SSSR count). The topological polar surface area (TPSA) is 200 Å². The van der Waals surface area contributed by atoms with Crippen molar-refractivity contribution in [1.29, 1.82) is 0 Å². The molecule has 2 amide bonds. The molecular weight excluding hydrogens is 835 g/mol. The number of nitrogens with one attached hydrogen (secondary N) is 2. The zero-order chi connectivity index (χ0) is 26.9. The molecule has 0 fully saturated rings. The monoisotopic (exact) mass is 863 g/mol. The van der Waals surface area contributed by atoms with Gasteiger partial charge in [0, 0.05) is 65.2 Å². The number of nitrogens with zero attached hydrogens (tertiary/aromatic N) is 1. The van der Waals surface area contributed by atoms with Crippen LogP contribution >= 0.6 is 67.8 Å². The number of aliphatic hydroxyl groups excluding tert-OH is 5. The van der Waals surface area contributed by atoms with Crippen LogP contribution in [-0.4, -0.2) is 138 Å². The molecule has 0 aliphatic heterocycles. The SMILES string of the molecule is CC(=O)Nc1c(I)c(C(=O)O)c(I)c(N(C)C(C)=O)c1I.CNC[C@H](O)[C@@H](O)[C@H](O)[C@H](O)CO.[Ca]. The number of carboxylic acid groups (broad SMARTS) is 1. The van der Waals surface area contributed by atoms with Gasteiger partial charge < -0.3 is 46.2 Å². The second-order valence-electron chi connectivity index (χ2n) is 6.96. The van der Waals surface area contributed by atoms with E-state index in [9.17, 15) is 24.6 Å². The first-order valence-corrected chi connectivity index (χ1v) is 12.8. The van der Waals surface area contributed by atoms with Crippen LogP contribution in [0.4, 0.5) is 11.4 Å². The maximum absolute atomic E-state index is 11.6. The van der Waals surface area contributed by atoms with E-state index in [0.29, 0.717) is 22.1 Å². The van der Waals surface area contributed by atoms with E-state index < -0.39 is 37.0 Å². The Bertz CT molecular complexity index is 895. The number of carbonyl (C=O) groups is 3. The molecule has 0 bridgehead atoms. The molecule has 1 aromatic carbocycles. The van der Waals surface area contributed by atoms with Crippen molar-refractivity contribution in [3.63, 3.8) is 0 Å². The first-order valence-electron chi connectivity index (χ1n) is 9.57. The minimum Gasteiger partial charge on any atom is -0.478 e. The molecule has 0 aromatic heterocycles. The zero-order valence-corrected chi connectivity index (χ0v) is 28.1. The Morgan fingerprint density at radius 2 is 1.43 bits per heavy atom. The predicted molar refractivity (Wildman–Crippen MR) is 156 cm³/mol. The van der Waals surface area contributed by atoms with Gasteiger partial charge in [-0.15, -0.1) is 0 Å². The number of aromatic carboxylic acids is 1. The molecule has 0 aliphatic rings. The number of hydrogen-bond donors (Lipinski definition) is 8.